The van der Waals surface area contributed by atoms with Gasteiger partial charge in [0.15, 0.2) is 0 Å². The quantitative estimate of drug-likeness (QED) is 0.766. The lowest BCUT2D eigenvalue weighted by Crippen LogP contribution is -2.43. The Bertz CT molecular complexity index is 210. The van der Waals surface area contributed by atoms with Gasteiger partial charge in [0.05, 0.1) is 0 Å². The van der Waals surface area contributed by atoms with E-state index in [1.54, 1.807) is 4.90 Å². The molecule has 3 nitrogen and oxygen atoms in total. The summed E-state index contributed by atoms with van der Waals surface area (Å²) in [5.74, 6) is 0. The Labute approximate surface area is 93.2 Å². The third-order valence-corrected chi connectivity index (χ3v) is 3.55. The van der Waals surface area contributed by atoms with Gasteiger partial charge in [-0.05, 0) is 25.2 Å². The molecule has 1 aliphatic carbocycles. The average Bonchev–Trinajstić information content (AvgIpc) is 2.26. The van der Waals surface area contributed by atoms with E-state index in [2.05, 4.69) is 12.2 Å². The highest BCUT2D eigenvalue weighted by molar-refractivity contribution is 5.73. The minimum absolute atomic E-state index is 0.0595. The molecule has 0 atom stereocenters. The van der Waals surface area contributed by atoms with Crippen LogP contribution in [0.15, 0.2) is 0 Å². The van der Waals surface area contributed by atoms with Crippen LogP contribution in [0.25, 0.3) is 0 Å². The number of nitrogens with one attached hydrogen (secondary N) is 1. The number of nitrogens with zero attached hydrogens (tertiary/aromatic N) is 1. The molecule has 1 rings (SSSR count). The molecule has 0 heterocycles. The third kappa shape index (κ3) is 3.73. The molecule has 0 aliphatic heterocycles. The van der Waals surface area contributed by atoms with Crippen molar-refractivity contribution < 1.29 is 4.79 Å². The molecule has 1 N–H and O–H groups in total. The Kier molecular flexibility index (Phi) is 4.43. The molecule has 0 aromatic carbocycles. The number of hydrogen-bond acceptors (Lipinski definition) is 1. The SMILES string of the molecule is CCN(C)C(=O)NCC1(C)CCCCC1. The summed E-state index contributed by atoms with van der Waals surface area (Å²) in [4.78, 5) is 13.3. The van der Waals surface area contributed by atoms with E-state index in [0.717, 1.165) is 13.1 Å². The van der Waals surface area contributed by atoms with Crippen molar-refractivity contribution in [3.63, 3.8) is 0 Å². The van der Waals surface area contributed by atoms with Crippen molar-refractivity contribution in [1.82, 2.24) is 10.2 Å². The predicted molar refractivity (Wildman–Crippen MR) is 62.9 cm³/mol. The average molecular weight is 212 g/mol. The van der Waals surface area contributed by atoms with Crippen molar-refractivity contribution in [2.75, 3.05) is 20.1 Å². The van der Waals surface area contributed by atoms with Crippen LogP contribution < -0.4 is 5.32 Å². The molecule has 0 aromatic heterocycles. The first kappa shape index (κ1) is 12.3. The minimum atomic E-state index is 0.0595. The van der Waals surface area contributed by atoms with Crippen molar-refractivity contribution in [3.8, 4) is 0 Å². The molecular weight excluding hydrogens is 188 g/mol. The summed E-state index contributed by atoms with van der Waals surface area (Å²) in [6.07, 6.45) is 6.50. The molecule has 0 unspecified atom stereocenters. The van der Waals surface area contributed by atoms with E-state index < -0.39 is 0 Å². The first-order chi connectivity index (χ1) is 7.07. The second-order valence-electron chi connectivity index (χ2n) is 5.04. The van der Waals surface area contributed by atoms with E-state index in [0.29, 0.717) is 5.41 Å². The number of carbonyl (C=O) groups excluding carboxylic acids is 1. The maximum absolute atomic E-state index is 11.6. The predicted octanol–water partition coefficient (Wildman–Crippen LogP) is 2.62. The summed E-state index contributed by atoms with van der Waals surface area (Å²) < 4.78 is 0. The summed E-state index contributed by atoms with van der Waals surface area (Å²) in [7, 11) is 1.83. The maximum Gasteiger partial charge on any atom is 0.317 e. The highest BCUT2D eigenvalue weighted by atomic mass is 16.2. The van der Waals surface area contributed by atoms with Crippen molar-refractivity contribution >= 4 is 6.03 Å². The normalized spacial score (nSPS) is 19.7. The van der Waals surface area contributed by atoms with Crippen LogP contribution in [-0.4, -0.2) is 31.1 Å². The van der Waals surface area contributed by atoms with E-state index >= 15 is 0 Å². The van der Waals surface area contributed by atoms with E-state index in [1.807, 2.05) is 14.0 Å². The fraction of sp³-hybridized carbons (Fsp3) is 0.917. The highest BCUT2D eigenvalue weighted by Gasteiger charge is 2.27. The molecule has 3 heteroatoms. The molecule has 0 bridgehead atoms. The van der Waals surface area contributed by atoms with Crippen molar-refractivity contribution in [2.45, 2.75) is 46.0 Å². The van der Waals surface area contributed by atoms with Crippen LogP contribution in [0.4, 0.5) is 4.79 Å². The third-order valence-electron chi connectivity index (χ3n) is 3.55. The van der Waals surface area contributed by atoms with Crippen LogP contribution in [-0.2, 0) is 0 Å². The summed E-state index contributed by atoms with van der Waals surface area (Å²) in [6.45, 7) is 5.87. The zero-order valence-electron chi connectivity index (χ0n) is 10.3. The molecule has 15 heavy (non-hydrogen) atoms. The number of hydrogen-bond donors (Lipinski definition) is 1. The standard InChI is InChI=1S/C12H24N2O/c1-4-14(3)11(15)13-10-12(2)8-6-5-7-9-12/h4-10H2,1-3H3,(H,13,15). The van der Waals surface area contributed by atoms with E-state index in [1.165, 1.54) is 32.1 Å². The molecule has 0 radical (unpaired) electrons. The van der Waals surface area contributed by atoms with Crippen LogP contribution in [0.5, 0.6) is 0 Å². The fourth-order valence-corrected chi connectivity index (χ4v) is 2.15. The molecule has 0 aromatic rings. The van der Waals surface area contributed by atoms with Crippen molar-refractivity contribution in [1.29, 1.82) is 0 Å². The molecule has 0 spiro atoms. The summed E-state index contributed by atoms with van der Waals surface area (Å²) in [5, 5.41) is 3.03. The number of rotatable bonds is 3. The Morgan fingerprint density at radius 2 is 1.93 bits per heavy atom. The fourth-order valence-electron chi connectivity index (χ4n) is 2.15. The topological polar surface area (TPSA) is 32.3 Å². The van der Waals surface area contributed by atoms with Crippen LogP contribution in [0.3, 0.4) is 0 Å². The molecule has 1 saturated carbocycles. The maximum atomic E-state index is 11.6. The first-order valence-electron chi connectivity index (χ1n) is 6.06. The van der Waals surface area contributed by atoms with Crippen LogP contribution in [0.2, 0.25) is 0 Å². The first-order valence-corrected chi connectivity index (χ1v) is 6.06. The molecule has 1 fully saturated rings. The minimum Gasteiger partial charge on any atom is -0.337 e. The van der Waals surface area contributed by atoms with Gasteiger partial charge in [-0.25, -0.2) is 4.79 Å². The van der Waals surface area contributed by atoms with Gasteiger partial charge in [0, 0.05) is 20.1 Å². The lowest BCUT2D eigenvalue weighted by molar-refractivity contribution is 0.183. The van der Waals surface area contributed by atoms with Gasteiger partial charge in [0.1, 0.15) is 0 Å². The molecule has 1 aliphatic rings. The molecular formula is C12H24N2O. The van der Waals surface area contributed by atoms with Gasteiger partial charge in [-0.3, -0.25) is 0 Å². The smallest absolute Gasteiger partial charge is 0.317 e. The Morgan fingerprint density at radius 1 is 1.33 bits per heavy atom. The summed E-state index contributed by atoms with van der Waals surface area (Å²) in [6, 6.07) is 0.0595. The zero-order valence-corrected chi connectivity index (χ0v) is 10.3. The van der Waals surface area contributed by atoms with Crippen LogP contribution >= 0.6 is 0 Å². The number of urea groups is 1. The second-order valence-corrected chi connectivity index (χ2v) is 5.04. The monoisotopic (exact) mass is 212 g/mol. The van der Waals surface area contributed by atoms with Gasteiger partial charge < -0.3 is 10.2 Å². The number of carbonyl (C=O) groups is 1. The van der Waals surface area contributed by atoms with Crippen molar-refractivity contribution in [2.24, 2.45) is 5.41 Å². The van der Waals surface area contributed by atoms with E-state index in [9.17, 15) is 4.79 Å². The molecule has 0 saturated heterocycles. The van der Waals surface area contributed by atoms with Crippen molar-refractivity contribution in [3.05, 3.63) is 0 Å². The zero-order chi connectivity index (χ0) is 11.3. The van der Waals surface area contributed by atoms with Crippen LogP contribution in [0.1, 0.15) is 46.0 Å². The second kappa shape index (κ2) is 5.38. The lowest BCUT2D eigenvalue weighted by atomic mass is 9.76. The van der Waals surface area contributed by atoms with Crippen LogP contribution in [0, 0.1) is 5.41 Å². The van der Waals surface area contributed by atoms with Gasteiger partial charge >= 0.3 is 6.03 Å². The highest BCUT2D eigenvalue weighted by Crippen LogP contribution is 2.34. The number of amides is 2. The Balaban J connectivity index is 2.31. The molecule has 2 amide bonds. The van der Waals surface area contributed by atoms with Gasteiger partial charge in [0.25, 0.3) is 0 Å². The summed E-state index contributed by atoms with van der Waals surface area (Å²) >= 11 is 0. The van der Waals surface area contributed by atoms with E-state index in [-0.39, 0.29) is 6.03 Å². The lowest BCUT2D eigenvalue weighted by Gasteiger charge is -2.34. The van der Waals surface area contributed by atoms with Gasteiger partial charge in [-0.15, -0.1) is 0 Å². The van der Waals surface area contributed by atoms with Gasteiger partial charge in [-0.2, -0.15) is 0 Å². The summed E-state index contributed by atoms with van der Waals surface area (Å²) in [5.41, 5.74) is 0.336. The van der Waals surface area contributed by atoms with E-state index in [4.69, 9.17) is 0 Å². The largest absolute Gasteiger partial charge is 0.337 e. The van der Waals surface area contributed by atoms with Gasteiger partial charge in [0.2, 0.25) is 0 Å². The Morgan fingerprint density at radius 3 is 2.47 bits per heavy atom. The molecule has 88 valence electrons. The Hall–Kier alpha value is -0.730. The van der Waals surface area contributed by atoms with Gasteiger partial charge in [-0.1, -0.05) is 26.2 Å².